The third-order valence-corrected chi connectivity index (χ3v) is 4.87. The molecule has 0 aromatic heterocycles. The van der Waals surface area contributed by atoms with E-state index in [9.17, 15) is 28.3 Å². The van der Waals surface area contributed by atoms with Crippen LogP contribution in [-0.2, 0) is 6.42 Å². The molecule has 0 aliphatic carbocycles. The maximum Gasteiger partial charge on any atom is 0.573 e. The van der Waals surface area contributed by atoms with Gasteiger partial charge in [-0.2, -0.15) is 5.26 Å². The number of carbonyl (C=O) groups excluding carboxylic acids is 1. The number of hydrogen-bond donors (Lipinski definition) is 3. The zero-order chi connectivity index (χ0) is 26.1. The smallest absolute Gasteiger partial charge is 0.489 e. The lowest BCUT2D eigenvalue weighted by Gasteiger charge is -2.25. The molecule has 0 bridgehead atoms. The lowest BCUT2D eigenvalue weighted by atomic mass is 9.81. The highest BCUT2D eigenvalue weighted by molar-refractivity contribution is 6.48. The Hall–Kier alpha value is -3.43. The number of halogens is 3. The molecule has 2 rings (SSSR count). The van der Waals surface area contributed by atoms with Crippen molar-refractivity contribution >= 4 is 18.9 Å². The normalized spacial score (nSPS) is 12.7. The van der Waals surface area contributed by atoms with Crippen molar-refractivity contribution in [2.45, 2.75) is 38.6 Å². The SMILES string of the molecule is CCCc1ccc(OCC(C)(C#N)NC(=O)c2ccc(OC(F)(F)F)cc2)c(OCCN)c1BO. The highest BCUT2D eigenvalue weighted by Crippen LogP contribution is 2.28. The van der Waals surface area contributed by atoms with Crippen molar-refractivity contribution in [3.63, 3.8) is 0 Å². The van der Waals surface area contributed by atoms with Gasteiger partial charge in [-0.15, -0.1) is 13.2 Å². The average Bonchev–Trinajstić information content (AvgIpc) is 2.81. The molecule has 2 aromatic carbocycles. The Morgan fingerprint density at radius 2 is 1.89 bits per heavy atom. The fourth-order valence-electron chi connectivity index (χ4n) is 3.21. The molecule has 0 heterocycles. The number of amides is 1. The minimum atomic E-state index is -4.85. The van der Waals surface area contributed by atoms with Crippen molar-refractivity contribution in [1.82, 2.24) is 5.32 Å². The number of nitrogens with zero attached hydrogens (tertiary/aromatic N) is 1. The van der Waals surface area contributed by atoms with Gasteiger partial charge in [-0.05, 0) is 54.7 Å². The first-order valence-electron chi connectivity index (χ1n) is 10.9. The van der Waals surface area contributed by atoms with Gasteiger partial charge in [-0.25, -0.2) is 0 Å². The number of alkyl halides is 3. The van der Waals surface area contributed by atoms with Crippen molar-refractivity contribution in [2.75, 3.05) is 19.8 Å². The second-order valence-electron chi connectivity index (χ2n) is 7.83. The third-order valence-electron chi connectivity index (χ3n) is 4.87. The molecule has 0 saturated carbocycles. The van der Waals surface area contributed by atoms with Gasteiger partial charge in [0.25, 0.3) is 5.91 Å². The van der Waals surface area contributed by atoms with E-state index in [1.165, 1.54) is 6.92 Å². The van der Waals surface area contributed by atoms with E-state index in [1.807, 2.05) is 13.0 Å². The van der Waals surface area contributed by atoms with Gasteiger partial charge in [0.1, 0.15) is 19.0 Å². The minimum Gasteiger partial charge on any atom is -0.489 e. The third kappa shape index (κ3) is 8.08. The molecule has 0 spiro atoms. The number of benzene rings is 2. The first-order valence-corrected chi connectivity index (χ1v) is 10.9. The molecular weight excluding hydrogens is 466 g/mol. The van der Waals surface area contributed by atoms with Gasteiger partial charge >= 0.3 is 13.8 Å². The van der Waals surface area contributed by atoms with Crippen molar-refractivity contribution in [1.29, 1.82) is 5.26 Å². The van der Waals surface area contributed by atoms with E-state index >= 15 is 0 Å². The summed E-state index contributed by atoms with van der Waals surface area (Å²) >= 11 is 0. The number of nitrogens with one attached hydrogen (secondary N) is 1. The molecule has 0 radical (unpaired) electrons. The van der Waals surface area contributed by atoms with Gasteiger partial charge in [-0.3, -0.25) is 4.79 Å². The Balaban J connectivity index is 2.17. The standard InChI is InChI=1S/C23H27BF3N3O5/c1-3-4-15-7-10-18(20(19(15)24-32)33-12-11-28)34-14-22(2,13-29)30-21(31)16-5-8-17(9-6-16)35-23(25,26)27/h5-10,24,32H,3-4,11-12,14,28H2,1-2H3,(H,30,31). The van der Waals surface area contributed by atoms with Gasteiger partial charge in [0.05, 0.1) is 6.07 Å². The number of aryl methyl sites for hydroxylation is 1. The molecule has 0 saturated heterocycles. The van der Waals surface area contributed by atoms with Gasteiger partial charge < -0.3 is 30.3 Å². The Bertz CT molecular complexity index is 1040. The van der Waals surface area contributed by atoms with Crippen LogP contribution >= 0.6 is 0 Å². The quantitative estimate of drug-likeness (QED) is 0.386. The summed E-state index contributed by atoms with van der Waals surface area (Å²) in [6.45, 7) is 3.58. The van der Waals surface area contributed by atoms with Crippen molar-refractivity contribution < 1.29 is 37.2 Å². The number of nitriles is 1. The van der Waals surface area contributed by atoms with Crippen LogP contribution in [0.4, 0.5) is 13.2 Å². The maximum atomic E-state index is 12.6. The fourth-order valence-corrected chi connectivity index (χ4v) is 3.21. The van der Waals surface area contributed by atoms with Crippen LogP contribution in [0.15, 0.2) is 36.4 Å². The van der Waals surface area contributed by atoms with E-state index in [0.717, 1.165) is 36.2 Å². The van der Waals surface area contributed by atoms with E-state index in [0.29, 0.717) is 17.6 Å². The molecular formula is C23H27BF3N3O5. The molecule has 1 unspecified atom stereocenters. The second kappa shape index (κ2) is 12.3. The molecule has 4 N–H and O–H groups in total. The molecule has 0 aliphatic rings. The Kier molecular flexibility index (Phi) is 9.80. The largest absolute Gasteiger partial charge is 0.573 e. The van der Waals surface area contributed by atoms with E-state index in [4.69, 9.17) is 15.2 Å². The van der Waals surface area contributed by atoms with Gasteiger partial charge in [-0.1, -0.05) is 19.4 Å². The van der Waals surface area contributed by atoms with Gasteiger partial charge in [0.15, 0.2) is 17.0 Å². The van der Waals surface area contributed by atoms with E-state index in [1.54, 1.807) is 12.1 Å². The molecule has 2 aromatic rings. The van der Waals surface area contributed by atoms with Crippen LogP contribution in [-0.4, -0.2) is 50.1 Å². The highest BCUT2D eigenvalue weighted by atomic mass is 19.4. The molecule has 0 aliphatic heterocycles. The summed E-state index contributed by atoms with van der Waals surface area (Å²) in [5.41, 5.74) is 5.53. The molecule has 35 heavy (non-hydrogen) atoms. The molecule has 1 atom stereocenters. The number of rotatable bonds is 12. The number of ether oxygens (including phenoxy) is 3. The molecule has 1 amide bonds. The first-order chi connectivity index (χ1) is 16.6. The van der Waals surface area contributed by atoms with Gasteiger partial charge in [0.2, 0.25) is 0 Å². The first kappa shape index (κ1) is 27.8. The summed E-state index contributed by atoms with van der Waals surface area (Å²) < 4.78 is 52.3. The van der Waals surface area contributed by atoms with Gasteiger partial charge in [0, 0.05) is 12.1 Å². The minimum absolute atomic E-state index is 0.0273. The van der Waals surface area contributed by atoms with Crippen molar-refractivity contribution in [2.24, 2.45) is 5.73 Å². The maximum absolute atomic E-state index is 12.6. The lowest BCUT2D eigenvalue weighted by molar-refractivity contribution is -0.274. The lowest BCUT2D eigenvalue weighted by Crippen LogP contribution is -2.49. The molecule has 8 nitrogen and oxygen atoms in total. The summed E-state index contributed by atoms with van der Waals surface area (Å²) in [4.78, 5) is 12.6. The number of nitrogens with two attached hydrogens (primary N) is 1. The van der Waals surface area contributed by atoms with Crippen molar-refractivity contribution in [3.05, 3.63) is 47.5 Å². The fraction of sp³-hybridized carbons (Fsp3) is 0.391. The van der Waals surface area contributed by atoms with Crippen LogP contribution in [0.3, 0.4) is 0 Å². The Morgan fingerprint density at radius 1 is 1.20 bits per heavy atom. The Labute approximate surface area is 202 Å². The summed E-state index contributed by atoms with van der Waals surface area (Å²) in [7, 11) is -0.285. The highest BCUT2D eigenvalue weighted by Gasteiger charge is 2.32. The van der Waals surface area contributed by atoms with Crippen LogP contribution in [0, 0.1) is 11.3 Å². The zero-order valence-corrected chi connectivity index (χ0v) is 19.4. The Morgan fingerprint density at radius 3 is 2.43 bits per heavy atom. The summed E-state index contributed by atoms with van der Waals surface area (Å²) in [5, 5.41) is 22.1. The van der Waals surface area contributed by atoms with E-state index < -0.39 is 23.6 Å². The number of hydrogen-bond acceptors (Lipinski definition) is 7. The number of carbonyl (C=O) groups is 1. The molecule has 188 valence electrons. The summed E-state index contributed by atoms with van der Waals surface area (Å²) in [6.07, 6.45) is -3.28. The van der Waals surface area contributed by atoms with Crippen LogP contribution < -0.4 is 30.7 Å². The van der Waals surface area contributed by atoms with E-state index in [2.05, 4.69) is 10.1 Å². The van der Waals surface area contributed by atoms with Crippen LogP contribution in [0.2, 0.25) is 0 Å². The van der Waals surface area contributed by atoms with Crippen LogP contribution in [0.1, 0.15) is 36.2 Å². The topological polar surface area (TPSA) is 127 Å². The predicted octanol–water partition coefficient (Wildman–Crippen LogP) is 1.94. The summed E-state index contributed by atoms with van der Waals surface area (Å²) in [6, 6.07) is 9.72. The van der Waals surface area contributed by atoms with Crippen LogP contribution in [0.25, 0.3) is 0 Å². The molecule has 0 fully saturated rings. The average molecular weight is 493 g/mol. The van der Waals surface area contributed by atoms with E-state index in [-0.39, 0.29) is 38.6 Å². The van der Waals surface area contributed by atoms with Crippen molar-refractivity contribution in [3.8, 4) is 23.3 Å². The molecule has 12 heteroatoms. The predicted molar refractivity (Wildman–Crippen MR) is 124 cm³/mol. The monoisotopic (exact) mass is 493 g/mol. The van der Waals surface area contributed by atoms with Crippen LogP contribution in [0.5, 0.6) is 17.2 Å². The summed E-state index contributed by atoms with van der Waals surface area (Å²) in [5.74, 6) is -0.579. The second-order valence-corrected chi connectivity index (χ2v) is 7.83. The zero-order valence-electron chi connectivity index (χ0n) is 19.4.